The van der Waals surface area contributed by atoms with Gasteiger partial charge in [-0.2, -0.15) is 0 Å². The highest BCUT2D eigenvalue weighted by Gasteiger charge is 2.53. The summed E-state index contributed by atoms with van der Waals surface area (Å²) in [5.41, 5.74) is 17.6. The fourth-order valence-corrected chi connectivity index (χ4v) is 12.6. The first-order valence-corrected chi connectivity index (χ1v) is 24.6. The number of benzene rings is 9. The zero-order valence-electron chi connectivity index (χ0n) is 39.0. The summed E-state index contributed by atoms with van der Waals surface area (Å²) >= 11 is 0. The summed E-state index contributed by atoms with van der Waals surface area (Å²) < 4.78 is 13.8. The van der Waals surface area contributed by atoms with E-state index < -0.39 is 5.41 Å². The fourth-order valence-electron chi connectivity index (χ4n) is 12.6. The van der Waals surface area contributed by atoms with Gasteiger partial charge in [0.15, 0.2) is 5.69 Å². The van der Waals surface area contributed by atoms with Crippen LogP contribution in [0.3, 0.4) is 0 Å². The highest BCUT2D eigenvalue weighted by Crippen LogP contribution is 2.62. The van der Waals surface area contributed by atoms with Crippen LogP contribution < -0.4 is 4.74 Å². The molecule has 6 heterocycles. The molecule has 7 heteroatoms. The van der Waals surface area contributed by atoms with Crippen molar-refractivity contribution in [2.75, 3.05) is 0 Å². The van der Waals surface area contributed by atoms with Crippen molar-refractivity contribution in [3.05, 3.63) is 264 Å². The first-order chi connectivity index (χ1) is 36.2. The number of para-hydroxylation sites is 6. The van der Waals surface area contributed by atoms with Gasteiger partial charge < -0.3 is 18.4 Å². The maximum absolute atomic E-state index is 7.80. The van der Waals surface area contributed by atoms with Crippen LogP contribution in [0.2, 0.25) is 0 Å². The molecule has 2 aliphatic rings. The van der Waals surface area contributed by atoms with Crippen LogP contribution in [-0.2, 0) is 5.41 Å². The monoisotopic (exact) mass is 930 g/mol. The van der Waals surface area contributed by atoms with Crippen LogP contribution in [0.1, 0.15) is 22.3 Å². The molecule has 5 aromatic heterocycles. The lowest BCUT2D eigenvalue weighted by Crippen LogP contribution is -2.32. The topological polar surface area (TPSA) is 54.2 Å². The summed E-state index contributed by atoms with van der Waals surface area (Å²) in [5.74, 6) is 1.60. The highest BCUT2D eigenvalue weighted by atomic mass is 16.5. The molecule has 0 fully saturated rings. The van der Waals surface area contributed by atoms with Gasteiger partial charge in [-0.1, -0.05) is 121 Å². The number of rotatable bonds is 4. The minimum atomic E-state index is -0.816. The minimum Gasteiger partial charge on any atom is -0.457 e. The standard InChI is InChI=1S/C66H38N6O/c1-67-42-27-33-61-51(36-42)49-17-5-11-23-59(49)72(61)45-37-55-65(69-39-45)64-54(66(55)52-18-6-12-24-62(52)73-63-25-13-7-19-53(63)66)35-41(38-68-64)40-26-32-60-50(34-40)48-16-4-10-22-58(48)71(60)44-30-28-43(29-31-44)70-56-20-8-2-14-46(56)47-15-3-9-21-57(47)70/h2-39H. The summed E-state index contributed by atoms with van der Waals surface area (Å²) in [6.07, 6.45) is 3.99. The third-order valence-corrected chi connectivity index (χ3v) is 15.6. The Morgan fingerprint density at radius 2 is 0.795 bits per heavy atom. The molecule has 0 radical (unpaired) electrons. The van der Waals surface area contributed by atoms with E-state index in [0.29, 0.717) is 5.69 Å². The zero-order valence-corrected chi connectivity index (χ0v) is 39.0. The van der Waals surface area contributed by atoms with Gasteiger partial charge in [0.1, 0.15) is 11.5 Å². The molecule has 0 amide bonds. The van der Waals surface area contributed by atoms with Crippen molar-refractivity contribution in [1.29, 1.82) is 0 Å². The van der Waals surface area contributed by atoms with E-state index in [9.17, 15) is 0 Å². The second-order valence-corrected chi connectivity index (χ2v) is 19.2. The quantitative estimate of drug-likeness (QED) is 0.165. The largest absolute Gasteiger partial charge is 0.457 e. The number of fused-ring (bicyclic) bond motifs is 18. The number of aromatic nitrogens is 5. The summed E-state index contributed by atoms with van der Waals surface area (Å²) in [7, 11) is 0. The van der Waals surface area contributed by atoms with Crippen molar-refractivity contribution >= 4 is 71.1 Å². The Balaban J connectivity index is 0.874. The van der Waals surface area contributed by atoms with Gasteiger partial charge >= 0.3 is 0 Å². The molecular formula is C66H38N6O. The molecule has 1 aliphatic heterocycles. The van der Waals surface area contributed by atoms with Crippen molar-refractivity contribution in [3.8, 4) is 51.1 Å². The van der Waals surface area contributed by atoms with E-state index in [-0.39, 0.29) is 0 Å². The van der Waals surface area contributed by atoms with E-state index >= 15 is 0 Å². The lowest BCUT2D eigenvalue weighted by Gasteiger charge is -2.39. The summed E-state index contributed by atoms with van der Waals surface area (Å²) in [4.78, 5) is 14.6. The average Bonchev–Trinajstić information content (AvgIpc) is 4.17. The Morgan fingerprint density at radius 3 is 1.36 bits per heavy atom. The molecule has 0 bridgehead atoms. The predicted octanol–water partition coefficient (Wildman–Crippen LogP) is 16.5. The zero-order chi connectivity index (χ0) is 47.9. The maximum atomic E-state index is 7.80. The molecule has 1 spiro atoms. The molecule has 16 rings (SSSR count). The first-order valence-electron chi connectivity index (χ1n) is 24.6. The van der Waals surface area contributed by atoms with Gasteiger partial charge in [0.2, 0.25) is 0 Å². The van der Waals surface area contributed by atoms with Crippen molar-refractivity contribution in [2.45, 2.75) is 5.41 Å². The van der Waals surface area contributed by atoms with Gasteiger partial charge in [0, 0.05) is 72.3 Å². The van der Waals surface area contributed by atoms with E-state index in [0.717, 1.165) is 106 Å². The van der Waals surface area contributed by atoms with E-state index in [2.05, 4.69) is 213 Å². The number of pyridine rings is 2. The normalized spacial score (nSPS) is 13.1. The lowest BCUT2D eigenvalue weighted by atomic mass is 9.66. The molecule has 9 aromatic carbocycles. The van der Waals surface area contributed by atoms with Crippen molar-refractivity contribution < 1.29 is 4.74 Å². The van der Waals surface area contributed by atoms with Crippen LogP contribution in [-0.4, -0.2) is 23.7 Å². The van der Waals surface area contributed by atoms with Gasteiger partial charge in [-0.3, -0.25) is 9.97 Å². The molecule has 1 aliphatic carbocycles. The molecule has 73 heavy (non-hydrogen) atoms. The molecular weight excluding hydrogens is 893 g/mol. The molecule has 0 atom stereocenters. The highest BCUT2D eigenvalue weighted by molar-refractivity contribution is 6.12. The molecule has 0 saturated carbocycles. The van der Waals surface area contributed by atoms with Gasteiger partial charge in [-0.05, 0) is 108 Å². The number of nitrogens with zero attached hydrogens (tertiary/aromatic N) is 6. The van der Waals surface area contributed by atoms with Crippen LogP contribution in [0.5, 0.6) is 11.5 Å². The fraction of sp³-hybridized carbons (Fsp3) is 0.0152. The van der Waals surface area contributed by atoms with Crippen LogP contribution in [0.4, 0.5) is 5.69 Å². The Kier molecular flexibility index (Phi) is 8.04. The van der Waals surface area contributed by atoms with Crippen LogP contribution in [0.15, 0.2) is 231 Å². The molecule has 338 valence electrons. The SMILES string of the molecule is [C-]#[N+]c1ccc2c(c1)c1ccccc1n2-c1cnc2c(c1)C1(c3ccccc3Oc3ccccc31)c1cc(-c3ccc4c(c3)c3ccccc3n4-c3ccc(-n4c5ccccc5c5ccccc54)cc3)cnc1-2. The molecule has 0 saturated heterocycles. The second-order valence-electron chi connectivity index (χ2n) is 19.2. The Morgan fingerprint density at radius 1 is 0.356 bits per heavy atom. The lowest BCUT2D eigenvalue weighted by molar-refractivity contribution is 0.436. The van der Waals surface area contributed by atoms with Crippen molar-refractivity contribution in [2.24, 2.45) is 0 Å². The van der Waals surface area contributed by atoms with Gasteiger partial charge in [-0.15, -0.1) is 0 Å². The molecule has 7 nitrogen and oxygen atoms in total. The van der Waals surface area contributed by atoms with E-state index in [4.69, 9.17) is 21.3 Å². The van der Waals surface area contributed by atoms with Crippen molar-refractivity contribution in [3.63, 3.8) is 0 Å². The number of ether oxygens (including phenoxy) is 1. The second kappa shape index (κ2) is 14.8. The van der Waals surface area contributed by atoms with Gasteiger partial charge in [-0.25, -0.2) is 4.85 Å². The van der Waals surface area contributed by atoms with Gasteiger partial charge in [0.25, 0.3) is 0 Å². The molecule has 0 unspecified atom stereocenters. The third kappa shape index (κ3) is 5.36. The average molecular weight is 931 g/mol. The number of hydrogen-bond acceptors (Lipinski definition) is 3. The van der Waals surface area contributed by atoms with Crippen LogP contribution in [0, 0.1) is 6.57 Å². The van der Waals surface area contributed by atoms with Crippen LogP contribution in [0.25, 0.3) is 110 Å². The summed E-state index contributed by atoms with van der Waals surface area (Å²) in [6.45, 7) is 7.80. The molecule has 14 aromatic rings. The first kappa shape index (κ1) is 39.8. The minimum absolute atomic E-state index is 0.612. The van der Waals surface area contributed by atoms with Crippen molar-refractivity contribution in [1.82, 2.24) is 23.7 Å². The Labute approximate surface area is 418 Å². The van der Waals surface area contributed by atoms with Gasteiger partial charge in [0.05, 0.1) is 68.4 Å². The van der Waals surface area contributed by atoms with E-state index in [1.54, 1.807) is 0 Å². The maximum Gasteiger partial charge on any atom is 0.188 e. The molecule has 0 N–H and O–H groups in total. The smallest absolute Gasteiger partial charge is 0.188 e. The van der Waals surface area contributed by atoms with E-state index in [1.807, 2.05) is 36.7 Å². The Hall–Kier alpha value is -10.0. The van der Waals surface area contributed by atoms with E-state index in [1.165, 1.54) is 32.6 Å². The number of hydrogen-bond donors (Lipinski definition) is 0. The predicted molar refractivity (Wildman–Crippen MR) is 294 cm³/mol. The summed E-state index contributed by atoms with van der Waals surface area (Å²) in [5, 5.41) is 6.97. The Bertz CT molecular complexity index is 4640. The third-order valence-electron chi connectivity index (χ3n) is 15.6. The summed E-state index contributed by atoms with van der Waals surface area (Å²) in [6, 6.07) is 77.7. The van der Waals surface area contributed by atoms with Crippen LogP contribution >= 0.6 is 0 Å².